The maximum Gasteiger partial charge on any atom is 0.387 e. The lowest BCUT2D eigenvalue weighted by atomic mass is 10.2. The van der Waals surface area contributed by atoms with Crippen molar-refractivity contribution in [3.63, 3.8) is 0 Å². The molecule has 0 spiro atoms. The van der Waals surface area contributed by atoms with Gasteiger partial charge >= 0.3 is 12.6 Å². The summed E-state index contributed by atoms with van der Waals surface area (Å²) in [4.78, 5) is 23.4. The van der Waals surface area contributed by atoms with Crippen molar-refractivity contribution in [3.8, 4) is 5.75 Å². The van der Waals surface area contributed by atoms with Crippen LogP contribution in [0.3, 0.4) is 0 Å². The highest BCUT2D eigenvalue weighted by Crippen LogP contribution is 2.15. The fourth-order valence-electron chi connectivity index (χ4n) is 1.87. The quantitative estimate of drug-likeness (QED) is 0.374. The predicted octanol–water partition coefficient (Wildman–Crippen LogP) is 4.09. The van der Waals surface area contributed by atoms with Crippen LogP contribution in [0.15, 0.2) is 54.6 Å². The normalized spacial score (nSPS) is 10.8. The first-order valence-electron chi connectivity index (χ1n) is 7.37. The van der Waals surface area contributed by atoms with E-state index in [0.717, 1.165) is 9.65 Å². The number of esters is 1. The van der Waals surface area contributed by atoms with Crippen molar-refractivity contribution in [2.45, 2.75) is 6.61 Å². The molecule has 0 unspecified atom stereocenters. The van der Waals surface area contributed by atoms with Crippen molar-refractivity contribution >= 4 is 46.2 Å². The maximum absolute atomic E-state index is 12.1. The fourth-order valence-corrected chi connectivity index (χ4v) is 2.42. The van der Waals surface area contributed by atoms with E-state index < -0.39 is 25.1 Å². The van der Waals surface area contributed by atoms with Crippen LogP contribution < -0.4 is 10.1 Å². The molecule has 0 saturated heterocycles. The summed E-state index contributed by atoms with van der Waals surface area (Å²) in [6, 6.07) is 12.9. The molecular weight excluding hydrogens is 459 g/mol. The summed E-state index contributed by atoms with van der Waals surface area (Å²) in [6.45, 7) is -3.31. The summed E-state index contributed by atoms with van der Waals surface area (Å²) in [5, 5.41) is 2.61. The first-order valence-corrected chi connectivity index (χ1v) is 8.45. The van der Waals surface area contributed by atoms with Crippen molar-refractivity contribution in [2.75, 3.05) is 11.9 Å². The monoisotopic (exact) mass is 473 g/mol. The number of alkyl halides is 2. The second-order valence-electron chi connectivity index (χ2n) is 4.95. The molecule has 2 rings (SSSR count). The second kappa shape index (κ2) is 9.85. The molecule has 5 nitrogen and oxygen atoms in total. The van der Waals surface area contributed by atoms with Crippen LogP contribution in [-0.2, 0) is 14.3 Å². The Morgan fingerprint density at radius 1 is 1.15 bits per heavy atom. The standard InChI is InChI=1S/C18H14F2INO4/c19-18(20)26-15-7-4-12(5-8-15)6-9-17(24)25-11-16(23)22-14-3-1-2-13(21)10-14/h1-10,18H,11H2,(H,22,23)/b9-6+. The van der Waals surface area contributed by atoms with Gasteiger partial charge in [-0.05, 0) is 64.6 Å². The molecule has 0 radical (unpaired) electrons. The summed E-state index contributed by atoms with van der Waals surface area (Å²) in [7, 11) is 0. The number of nitrogens with one attached hydrogen (secondary N) is 1. The molecule has 8 heteroatoms. The number of carbonyl (C=O) groups is 2. The van der Waals surface area contributed by atoms with Crippen molar-refractivity contribution in [1.82, 2.24) is 0 Å². The third kappa shape index (κ3) is 7.18. The summed E-state index contributed by atoms with van der Waals surface area (Å²) in [6.07, 6.45) is 2.58. The first kappa shape index (κ1) is 19.8. The Labute approximate surface area is 162 Å². The average Bonchev–Trinajstić information content (AvgIpc) is 2.59. The molecule has 0 saturated carbocycles. The van der Waals surface area contributed by atoms with E-state index in [4.69, 9.17) is 4.74 Å². The lowest BCUT2D eigenvalue weighted by Crippen LogP contribution is -2.20. The summed E-state index contributed by atoms with van der Waals surface area (Å²) >= 11 is 2.12. The predicted molar refractivity (Wildman–Crippen MR) is 101 cm³/mol. The minimum absolute atomic E-state index is 0.0203. The maximum atomic E-state index is 12.1. The van der Waals surface area contributed by atoms with E-state index in [9.17, 15) is 18.4 Å². The average molecular weight is 473 g/mol. The molecule has 0 aliphatic carbocycles. The van der Waals surface area contributed by atoms with E-state index in [1.54, 1.807) is 18.2 Å². The highest BCUT2D eigenvalue weighted by molar-refractivity contribution is 14.1. The molecule has 0 aliphatic rings. The van der Waals surface area contributed by atoms with Crippen LogP contribution in [0, 0.1) is 3.57 Å². The number of hydrogen-bond acceptors (Lipinski definition) is 4. The van der Waals surface area contributed by atoms with Gasteiger partial charge in [-0.2, -0.15) is 8.78 Å². The van der Waals surface area contributed by atoms with Crippen LogP contribution in [0.2, 0.25) is 0 Å². The SMILES string of the molecule is O=C(COC(=O)/C=C/c1ccc(OC(F)F)cc1)Nc1cccc(I)c1. The number of hydrogen-bond donors (Lipinski definition) is 1. The van der Waals surface area contributed by atoms with Gasteiger partial charge in [-0.3, -0.25) is 4.79 Å². The van der Waals surface area contributed by atoms with Crippen LogP contribution in [-0.4, -0.2) is 25.1 Å². The van der Waals surface area contributed by atoms with Crippen LogP contribution in [0.25, 0.3) is 6.08 Å². The molecule has 0 aromatic heterocycles. The molecule has 1 N–H and O–H groups in total. The molecule has 136 valence electrons. The van der Waals surface area contributed by atoms with Gasteiger partial charge in [0.15, 0.2) is 6.61 Å². The minimum atomic E-state index is -2.89. The second-order valence-corrected chi connectivity index (χ2v) is 6.19. The van der Waals surface area contributed by atoms with Crippen LogP contribution in [0.5, 0.6) is 5.75 Å². The zero-order valence-electron chi connectivity index (χ0n) is 13.3. The third-order valence-electron chi connectivity index (χ3n) is 2.97. The third-order valence-corrected chi connectivity index (χ3v) is 3.64. The van der Waals surface area contributed by atoms with Gasteiger partial charge in [-0.15, -0.1) is 0 Å². The summed E-state index contributed by atoms with van der Waals surface area (Å²) in [5.41, 5.74) is 1.20. The van der Waals surface area contributed by atoms with Gasteiger partial charge in [0.2, 0.25) is 0 Å². The topological polar surface area (TPSA) is 64.6 Å². The van der Waals surface area contributed by atoms with Gasteiger partial charge in [-0.1, -0.05) is 18.2 Å². The minimum Gasteiger partial charge on any atom is -0.452 e. The lowest BCUT2D eigenvalue weighted by Gasteiger charge is -2.05. The van der Waals surface area contributed by atoms with E-state index in [0.29, 0.717) is 11.3 Å². The Kier molecular flexibility index (Phi) is 7.52. The number of halogens is 3. The lowest BCUT2D eigenvalue weighted by molar-refractivity contribution is -0.142. The van der Waals surface area contributed by atoms with Crippen molar-refractivity contribution in [2.24, 2.45) is 0 Å². The van der Waals surface area contributed by atoms with Gasteiger partial charge in [0, 0.05) is 15.3 Å². The van der Waals surface area contributed by atoms with Gasteiger partial charge in [-0.25, -0.2) is 4.79 Å². The van der Waals surface area contributed by atoms with Gasteiger partial charge < -0.3 is 14.8 Å². The number of ether oxygens (including phenoxy) is 2. The van der Waals surface area contributed by atoms with Crippen LogP contribution in [0.4, 0.5) is 14.5 Å². The van der Waals surface area contributed by atoms with Crippen LogP contribution >= 0.6 is 22.6 Å². The largest absolute Gasteiger partial charge is 0.452 e. The Hall–Kier alpha value is -2.49. The number of carbonyl (C=O) groups excluding carboxylic acids is 2. The highest BCUT2D eigenvalue weighted by Gasteiger charge is 2.06. The highest BCUT2D eigenvalue weighted by atomic mass is 127. The molecule has 0 fully saturated rings. The number of amides is 1. The molecule has 0 atom stereocenters. The van der Waals surface area contributed by atoms with E-state index in [2.05, 4.69) is 32.6 Å². The molecule has 26 heavy (non-hydrogen) atoms. The van der Waals surface area contributed by atoms with Gasteiger partial charge in [0.1, 0.15) is 5.75 Å². The Bertz CT molecular complexity index is 794. The number of benzene rings is 2. The molecule has 0 bridgehead atoms. The first-order chi connectivity index (χ1) is 12.4. The summed E-state index contributed by atoms with van der Waals surface area (Å²) < 4.78 is 34.1. The van der Waals surface area contributed by atoms with Gasteiger partial charge in [0.05, 0.1) is 0 Å². The zero-order chi connectivity index (χ0) is 18.9. The molecule has 2 aromatic carbocycles. The summed E-state index contributed by atoms with van der Waals surface area (Å²) in [5.74, 6) is -1.13. The Morgan fingerprint density at radius 2 is 1.88 bits per heavy atom. The van der Waals surface area contributed by atoms with Crippen molar-refractivity contribution in [3.05, 3.63) is 63.7 Å². The number of rotatable bonds is 7. The molecule has 0 heterocycles. The van der Waals surface area contributed by atoms with Crippen molar-refractivity contribution in [1.29, 1.82) is 0 Å². The zero-order valence-corrected chi connectivity index (χ0v) is 15.5. The molecule has 2 aromatic rings. The van der Waals surface area contributed by atoms with Crippen LogP contribution in [0.1, 0.15) is 5.56 Å². The molecule has 1 amide bonds. The Balaban J connectivity index is 1.78. The smallest absolute Gasteiger partial charge is 0.387 e. The molecular formula is C18H14F2INO4. The Morgan fingerprint density at radius 3 is 2.54 bits per heavy atom. The fraction of sp³-hybridized carbons (Fsp3) is 0.111. The van der Waals surface area contributed by atoms with E-state index in [1.165, 1.54) is 30.3 Å². The van der Waals surface area contributed by atoms with E-state index in [-0.39, 0.29) is 5.75 Å². The molecule has 0 aliphatic heterocycles. The van der Waals surface area contributed by atoms with E-state index >= 15 is 0 Å². The van der Waals surface area contributed by atoms with Gasteiger partial charge in [0.25, 0.3) is 5.91 Å². The van der Waals surface area contributed by atoms with Crippen molar-refractivity contribution < 1.29 is 27.8 Å². The number of anilines is 1. The van der Waals surface area contributed by atoms with E-state index in [1.807, 2.05) is 6.07 Å².